The van der Waals surface area contributed by atoms with Crippen molar-refractivity contribution in [2.24, 2.45) is 40.2 Å². The third-order valence-electron chi connectivity index (χ3n) is 22.3. The van der Waals surface area contributed by atoms with E-state index in [2.05, 4.69) is 26.6 Å². The Hall–Kier alpha value is -11.0. The first-order chi connectivity index (χ1) is 59.6. The van der Waals surface area contributed by atoms with Crippen molar-refractivity contribution >= 4 is 64.7 Å². The first-order valence-electron chi connectivity index (χ1n) is 43.8. The summed E-state index contributed by atoms with van der Waals surface area (Å²) >= 11 is 0. The van der Waals surface area contributed by atoms with Crippen LogP contribution in [0.25, 0.3) is 22.3 Å². The summed E-state index contributed by atoms with van der Waals surface area (Å²) in [6.07, 6.45) is 7.47. The minimum absolute atomic E-state index is 0.0723. The summed E-state index contributed by atoms with van der Waals surface area (Å²) in [5, 5.41) is 34.0. The van der Waals surface area contributed by atoms with Crippen LogP contribution in [-0.4, -0.2) is 157 Å². The summed E-state index contributed by atoms with van der Waals surface area (Å²) in [6.45, 7) is 25.4. The number of hydrogen-bond donors (Lipinski definition) is 8. The van der Waals surface area contributed by atoms with Crippen LogP contribution in [0.2, 0.25) is 0 Å². The van der Waals surface area contributed by atoms with E-state index < -0.39 is 131 Å². The number of nitrogens with zero attached hydrogens (tertiary/aromatic N) is 4. The fourth-order valence-electron chi connectivity index (χ4n) is 15.6. The number of ether oxygens (including phenoxy) is 1. The molecule has 0 saturated carbocycles. The van der Waals surface area contributed by atoms with E-state index in [1.54, 1.807) is 48.2 Å². The molecule has 7 rings (SSSR count). The SMILES string of the molecule is CC(=O)N[C@@H](CCCCN)C(=O)C[C@H](C(=O)N[C@@H](C)C(=O)CCCCN(C(=O)CO)[C@@H](c1cc(-c2cc(F)ccc2F)cn1Cc1ccccc1)C(C)(C)C)C(C)C.CC(=O)N[C@@H](CCCCNC(=O)OCc1ccccc1)C(=O)C[C@H](C(=O)N[C@@H](C)C(=O)CCCCN(C(=O)CO)[C@@H](c1cc(-c2cc(F)ccc2F)cn1Cc1ccccc1)C(C)(C)C)C(C)C. The molecule has 0 fully saturated rings. The van der Waals surface area contributed by atoms with Crippen LogP contribution in [0.4, 0.5) is 22.4 Å². The smallest absolute Gasteiger partial charge is 0.407 e. The minimum Gasteiger partial charge on any atom is -0.445 e. The number of unbranched alkanes of at least 4 members (excludes halogenated alkanes) is 4. The Morgan fingerprint density at radius 2 is 0.833 bits per heavy atom. The lowest BCUT2D eigenvalue weighted by molar-refractivity contribution is -0.140. The Kier molecular flexibility index (Phi) is 42.0. The summed E-state index contributed by atoms with van der Waals surface area (Å²) in [5.41, 5.74) is 9.50. The molecule has 9 N–H and O–H groups in total. The van der Waals surface area contributed by atoms with Gasteiger partial charge in [0.05, 0.1) is 36.3 Å². The zero-order valence-electron chi connectivity index (χ0n) is 75.6. The summed E-state index contributed by atoms with van der Waals surface area (Å²) < 4.78 is 68.1. The number of carbonyl (C=O) groups is 11. The van der Waals surface area contributed by atoms with Crippen molar-refractivity contribution in [1.29, 1.82) is 0 Å². The summed E-state index contributed by atoms with van der Waals surface area (Å²) in [4.78, 5) is 147. The second-order valence-corrected chi connectivity index (χ2v) is 35.4. The van der Waals surface area contributed by atoms with Crippen LogP contribution in [0.3, 0.4) is 0 Å². The maximum atomic E-state index is 15.1. The van der Waals surface area contributed by atoms with Crippen LogP contribution >= 0.6 is 0 Å². The van der Waals surface area contributed by atoms with E-state index in [1.807, 2.05) is 169 Å². The largest absolute Gasteiger partial charge is 0.445 e. The van der Waals surface area contributed by atoms with Gasteiger partial charge in [-0.25, -0.2) is 22.4 Å². The number of amides is 7. The van der Waals surface area contributed by atoms with Gasteiger partial charge in [0.25, 0.3) is 0 Å². The van der Waals surface area contributed by atoms with E-state index in [0.29, 0.717) is 113 Å². The van der Waals surface area contributed by atoms with Gasteiger partial charge in [-0.05, 0) is 172 Å². The normalized spacial score (nSPS) is 13.5. The molecule has 0 radical (unpaired) electrons. The number of nitrogens with one attached hydrogen (secondary N) is 5. The predicted molar refractivity (Wildman–Crippen MR) is 478 cm³/mol. The van der Waals surface area contributed by atoms with Gasteiger partial charge in [0.1, 0.15) is 43.1 Å². The molecular formula is C98H132F4N10O14. The molecule has 0 aliphatic carbocycles. The number of aliphatic hydroxyl groups excluding tert-OH is 2. The minimum atomic E-state index is -0.878. The first kappa shape index (κ1) is 104. The number of aliphatic hydroxyl groups is 2. The van der Waals surface area contributed by atoms with E-state index >= 15 is 8.78 Å². The second-order valence-electron chi connectivity index (χ2n) is 35.4. The Labute approximate surface area is 739 Å². The topological polar surface area (TPSA) is 340 Å². The van der Waals surface area contributed by atoms with E-state index in [0.717, 1.165) is 53.1 Å². The van der Waals surface area contributed by atoms with Gasteiger partial charge in [0.2, 0.25) is 35.4 Å². The van der Waals surface area contributed by atoms with Crippen molar-refractivity contribution in [1.82, 2.24) is 45.5 Å². The predicted octanol–water partition coefficient (Wildman–Crippen LogP) is 15.0. The van der Waals surface area contributed by atoms with Gasteiger partial charge >= 0.3 is 6.09 Å². The lowest BCUT2D eigenvalue weighted by atomic mass is 9.82. The van der Waals surface area contributed by atoms with Crippen LogP contribution in [0, 0.1) is 57.8 Å². The van der Waals surface area contributed by atoms with Gasteiger partial charge in [-0.3, -0.25) is 47.9 Å². The van der Waals surface area contributed by atoms with Crippen molar-refractivity contribution in [3.8, 4) is 22.3 Å². The van der Waals surface area contributed by atoms with Gasteiger partial charge in [-0.15, -0.1) is 0 Å². The van der Waals surface area contributed by atoms with E-state index in [9.17, 15) is 71.7 Å². The molecule has 126 heavy (non-hydrogen) atoms. The van der Waals surface area contributed by atoms with Crippen molar-refractivity contribution in [3.05, 3.63) is 203 Å². The molecule has 2 heterocycles. The molecule has 0 bridgehead atoms. The average Bonchev–Trinajstić information content (AvgIpc) is 1.62. The maximum absolute atomic E-state index is 15.1. The van der Waals surface area contributed by atoms with E-state index in [1.165, 1.54) is 13.8 Å². The lowest BCUT2D eigenvalue weighted by Gasteiger charge is -2.41. The van der Waals surface area contributed by atoms with E-state index in [4.69, 9.17) is 10.5 Å². The highest BCUT2D eigenvalue weighted by atomic mass is 19.1. The number of carbonyl (C=O) groups excluding carboxylic acids is 11. The zero-order valence-corrected chi connectivity index (χ0v) is 75.6. The molecule has 28 heteroatoms. The lowest BCUT2D eigenvalue weighted by Crippen LogP contribution is -2.46. The summed E-state index contributed by atoms with van der Waals surface area (Å²) in [5.74, 6) is -8.02. The Morgan fingerprint density at radius 1 is 0.460 bits per heavy atom. The monoisotopic (exact) mass is 1750 g/mol. The van der Waals surface area contributed by atoms with E-state index in [-0.39, 0.29) is 97.4 Å². The standard InChI is InChI=1S/C53H69F2N5O8.C45H63F2N5O6/c1-35(2)42(30-48(64)45(58-37(4)62)22-14-16-26-56-52(67)68-34-39-20-12-9-13-21-39)51(66)57-36(3)47(63)23-15-17-27-60(49(65)33-61)50(53(5,6)7)46-28-40(43-29-41(54)24-25-44(43)55)32-59(46)31-38-18-10-8-11-19-38;1-29(2)35(25-41(56)38(50-31(4)54)17-11-13-21-48)44(58)49-30(3)40(55)18-12-14-22-52(42(57)28-53)43(45(5,6)7)39-23-33(36-24-34(46)19-20-37(36)47)27-51(39)26-32-15-9-8-10-16-32/h8-13,18-21,24-25,28-29,32,35-36,42,45,50,61H,14-17,22-23,26-27,30-31,33-34H2,1-7H3,(H,56,67)(H,57,66)(H,58,62);8-10,15-16,19-20,23-24,27,29-30,35,38,43,53H,11-14,17-18,21-22,25-26,28,48H2,1-7H3,(H,49,58)(H,50,54)/t36-,42-,45-,50-;30-,35-,38-,43-/m00/s1. The van der Waals surface area contributed by atoms with Gasteiger partial charge in [0, 0.05) is 130 Å². The number of hydrogen-bond acceptors (Lipinski definition) is 15. The van der Waals surface area contributed by atoms with Crippen LogP contribution in [-0.2, 0) is 72.4 Å². The number of rotatable bonds is 49. The van der Waals surface area contributed by atoms with Crippen molar-refractivity contribution in [2.75, 3.05) is 39.4 Å². The van der Waals surface area contributed by atoms with Crippen LogP contribution in [0.1, 0.15) is 227 Å². The zero-order chi connectivity index (χ0) is 93.1. The molecule has 5 aromatic carbocycles. The van der Waals surface area contributed by atoms with Crippen LogP contribution < -0.4 is 32.3 Å². The molecule has 0 aliphatic heterocycles. The molecule has 8 atom stereocenters. The number of alkyl carbamates (subject to hydrolysis) is 1. The van der Waals surface area contributed by atoms with Crippen molar-refractivity contribution in [3.63, 3.8) is 0 Å². The highest BCUT2D eigenvalue weighted by Gasteiger charge is 2.40. The highest BCUT2D eigenvalue weighted by molar-refractivity contribution is 5.95. The number of aromatic nitrogens is 2. The summed E-state index contributed by atoms with van der Waals surface area (Å²) in [7, 11) is 0. The second kappa shape index (κ2) is 51.0. The maximum Gasteiger partial charge on any atom is 0.407 e. The van der Waals surface area contributed by atoms with Crippen LogP contribution in [0.5, 0.6) is 0 Å². The molecule has 0 spiro atoms. The number of halogens is 4. The fraction of sp³-hybridized carbons (Fsp3) is 0.500. The molecule has 0 saturated heterocycles. The van der Waals surface area contributed by atoms with Crippen LogP contribution in [0.15, 0.2) is 152 Å². The fourth-order valence-corrected chi connectivity index (χ4v) is 15.6. The third-order valence-corrected chi connectivity index (χ3v) is 22.3. The van der Waals surface area contributed by atoms with Gasteiger partial charge in [0.15, 0.2) is 23.1 Å². The molecule has 7 aromatic rings. The van der Waals surface area contributed by atoms with Crippen molar-refractivity contribution < 1.29 is 85.3 Å². The molecule has 0 aliphatic rings. The Morgan fingerprint density at radius 3 is 1.18 bits per heavy atom. The summed E-state index contributed by atoms with van der Waals surface area (Å²) in [6, 6.07) is 34.0. The highest BCUT2D eigenvalue weighted by Crippen LogP contribution is 2.44. The molecule has 24 nitrogen and oxygen atoms in total. The van der Waals surface area contributed by atoms with Gasteiger partial charge < -0.3 is 66.2 Å². The van der Waals surface area contributed by atoms with Crippen molar-refractivity contribution in [2.45, 2.75) is 243 Å². The third kappa shape index (κ3) is 33.1. The molecule has 7 amide bonds. The number of Topliss-reactive ketones (excluding diaryl/α,β-unsaturated/α-hetero) is 4. The number of benzene rings is 5. The Balaban J connectivity index is 0.000000394. The molecule has 2 aromatic heterocycles. The van der Waals surface area contributed by atoms with Gasteiger partial charge in [-0.2, -0.15) is 0 Å². The number of nitrogens with two attached hydrogens (primary N) is 1. The molecule has 686 valence electrons. The Bertz CT molecular complexity index is 4720. The quantitative estimate of drug-likeness (QED) is 0.0130. The number of ketones is 4. The first-order valence-corrected chi connectivity index (χ1v) is 43.8. The molecular weight excluding hydrogens is 1620 g/mol. The molecule has 0 unspecified atom stereocenters. The van der Waals surface area contributed by atoms with Gasteiger partial charge in [-0.1, -0.05) is 160 Å². The average molecular weight is 1750 g/mol.